The summed E-state index contributed by atoms with van der Waals surface area (Å²) in [4.78, 5) is 12.3. The van der Waals surface area contributed by atoms with Crippen LogP contribution in [0, 0.1) is 0 Å². The monoisotopic (exact) mass is 483 g/mol. The summed E-state index contributed by atoms with van der Waals surface area (Å²) in [6.07, 6.45) is 3.80. The number of hydrogen-bond acceptors (Lipinski definition) is 2. The van der Waals surface area contributed by atoms with Gasteiger partial charge in [0.25, 0.3) is 8.32 Å². The maximum atomic E-state index is 12.3. The Morgan fingerprint density at radius 1 is 0.886 bits per heavy atom. The number of nitrogens with one attached hydrogen (secondary N) is 1. The molecule has 2 atom stereocenters. The van der Waals surface area contributed by atoms with Crippen LogP contribution in [0.15, 0.2) is 116 Å². The van der Waals surface area contributed by atoms with E-state index in [1.54, 1.807) is 0 Å². The van der Waals surface area contributed by atoms with E-state index in [0.717, 1.165) is 5.56 Å². The fourth-order valence-electron chi connectivity index (χ4n) is 4.87. The van der Waals surface area contributed by atoms with Crippen molar-refractivity contribution in [1.29, 1.82) is 0 Å². The molecule has 3 nitrogen and oxygen atoms in total. The first-order valence-corrected chi connectivity index (χ1v) is 14.1. The van der Waals surface area contributed by atoms with Crippen molar-refractivity contribution in [1.82, 2.24) is 5.32 Å². The van der Waals surface area contributed by atoms with Crippen LogP contribution in [-0.4, -0.2) is 26.9 Å². The van der Waals surface area contributed by atoms with Gasteiger partial charge in [0, 0.05) is 18.6 Å². The van der Waals surface area contributed by atoms with Crippen LogP contribution in [0.2, 0.25) is 5.04 Å². The summed E-state index contributed by atoms with van der Waals surface area (Å²) in [6, 6.07) is 31.4. The number of benzene rings is 3. The fraction of sp³-hybridized carbons (Fsp3) is 0.258. The van der Waals surface area contributed by atoms with E-state index in [1.165, 1.54) is 16.4 Å². The van der Waals surface area contributed by atoms with Crippen LogP contribution in [0.5, 0.6) is 0 Å². The van der Waals surface area contributed by atoms with Crippen LogP contribution in [0.3, 0.4) is 0 Å². The summed E-state index contributed by atoms with van der Waals surface area (Å²) < 4.78 is 7.25. The Morgan fingerprint density at radius 3 is 1.80 bits per heavy atom. The molecule has 0 saturated carbocycles. The molecule has 182 valence electrons. The lowest BCUT2D eigenvalue weighted by atomic mass is 9.90. The first-order chi connectivity index (χ1) is 16.8. The van der Waals surface area contributed by atoms with Gasteiger partial charge in [-0.15, -0.1) is 6.58 Å². The lowest BCUT2D eigenvalue weighted by molar-refractivity contribution is -0.117. The number of rotatable bonds is 11. The smallest absolute Gasteiger partial charge is 0.261 e. The Kier molecular flexibility index (Phi) is 9.02. The molecule has 0 bridgehead atoms. The van der Waals surface area contributed by atoms with Crippen molar-refractivity contribution in [3.63, 3.8) is 0 Å². The second kappa shape index (κ2) is 12.0. The molecule has 4 heteroatoms. The van der Waals surface area contributed by atoms with Crippen molar-refractivity contribution in [3.8, 4) is 0 Å². The van der Waals surface area contributed by atoms with Crippen LogP contribution in [-0.2, 0) is 9.22 Å². The van der Waals surface area contributed by atoms with E-state index in [2.05, 4.69) is 99.9 Å². The largest absolute Gasteiger partial charge is 0.407 e. The topological polar surface area (TPSA) is 38.3 Å². The lowest BCUT2D eigenvalue weighted by Crippen LogP contribution is -2.67. The maximum Gasteiger partial charge on any atom is 0.261 e. The third-order valence-corrected chi connectivity index (χ3v) is 11.5. The molecule has 0 aliphatic carbocycles. The van der Waals surface area contributed by atoms with E-state index < -0.39 is 8.32 Å². The van der Waals surface area contributed by atoms with E-state index in [9.17, 15) is 4.79 Å². The van der Waals surface area contributed by atoms with Gasteiger partial charge in [-0.05, 0) is 33.5 Å². The molecule has 1 N–H and O–H groups in total. The van der Waals surface area contributed by atoms with Crippen molar-refractivity contribution in [2.45, 2.75) is 44.2 Å². The summed E-state index contributed by atoms with van der Waals surface area (Å²) in [5, 5.41) is 5.47. The molecular weight excluding hydrogens is 446 g/mol. The molecule has 35 heavy (non-hydrogen) atoms. The lowest BCUT2D eigenvalue weighted by Gasteiger charge is -2.44. The van der Waals surface area contributed by atoms with Gasteiger partial charge in [-0.1, -0.05) is 124 Å². The Morgan fingerprint density at radius 2 is 1.37 bits per heavy atom. The van der Waals surface area contributed by atoms with E-state index in [0.29, 0.717) is 13.0 Å². The molecule has 3 aromatic rings. The van der Waals surface area contributed by atoms with Gasteiger partial charge >= 0.3 is 0 Å². The number of carbonyl (C=O) groups excluding carboxylic acids is 1. The minimum Gasteiger partial charge on any atom is -0.407 e. The Labute approximate surface area is 211 Å². The molecule has 0 fully saturated rings. The highest BCUT2D eigenvalue weighted by Gasteiger charge is 2.50. The highest BCUT2D eigenvalue weighted by Crippen LogP contribution is 2.38. The van der Waals surface area contributed by atoms with Crippen LogP contribution >= 0.6 is 0 Å². The SMILES string of the molecule is C=CC[C@@H](NC(=O)C=C)[C@H](CO[Si](c1ccccc1)(c1ccccc1)C(C)(C)C)c1ccccc1. The van der Waals surface area contributed by atoms with Crippen LogP contribution < -0.4 is 15.7 Å². The zero-order valence-corrected chi connectivity index (χ0v) is 22.1. The molecule has 3 rings (SSSR count). The van der Waals surface area contributed by atoms with E-state index >= 15 is 0 Å². The molecule has 3 aromatic carbocycles. The van der Waals surface area contributed by atoms with Gasteiger partial charge in [0.2, 0.25) is 5.91 Å². The summed E-state index contributed by atoms with van der Waals surface area (Å²) in [5.74, 6) is -0.247. The predicted octanol–water partition coefficient (Wildman–Crippen LogP) is 5.59. The Hall–Kier alpha value is -3.21. The first kappa shape index (κ1) is 26.4. The van der Waals surface area contributed by atoms with Crippen LogP contribution in [0.4, 0.5) is 0 Å². The van der Waals surface area contributed by atoms with Crippen LogP contribution in [0.25, 0.3) is 0 Å². The van der Waals surface area contributed by atoms with Gasteiger partial charge in [0.05, 0.1) is 0 Å². The minimum atomic E-state index is -2.72. The van der Waals surface area contributed by atoms with Gasteiger partial charge in [-0.25, -0.2) is 0 Å². The Bertz CT molecular complexity index is 1050. The van der Waals surface area contributed by atoms with Gasteiger partial charge in [0.15, 0.2) is 0 Å². The summed E-state index contributed by atoms with van der Waals surface area (Å²) >= 11 is 0. The minimum absolute atomic E-state index is 0.0558. The van der Waals surface area contributed by atoms with Gasteiger partial charge in [0.1, 0.15) is 0 Å². The Balaban J connectivity index is 2.12. The molecule has 0 aliphatic heterocycles. The zero-order valence-electron chi connectivity index (χ0n) is 21.1. The van der Waals surface area contributed by atoms with Crippen molar-refractivity contribution in [2.24, 2.45) is 0 Å². The second-order valence-electron chi connectivity index (χ2n) is 9.84. The normalized spacial score (nSPS) is 13.5. The molecule has 0 radical (unpaired) electrons. The third kappa shape index (κ3) is 6.08. The third-order valence-electron chi connectivity index (χ3n) is 6.54. The molecule has 1 amide bonds. The maximum absolute atomic E-state index is 12.3. The molecule has 0 unspecified atom stereocenters. The van der Waals surface area contributed by atoms with Gasteiger partial charge < -0.3 is 9.74 Å². The number of amides is 1. The molecular formula is C31H37NO2Si. The summed E-state index contributed by atoms with van der Waals surface area (Å²) in [6.45, 7) is 14.9. The molecule has 0 heterocycles. The first-order valence-electron chi connectivity index (χ1n) is 12.2. The van der Waals surface area contributed by atoms with E-state index in [-0.39, 0.29) is 22.9 Å². The molecule has 0 spiro atoms. The second-order valence-corrected chi connectivity index (χ2v) is 14.1. The molecule has 0 aliphatic rings. The van der Waals surface area contributed by atoms with Crippen molar-refractivity contribution in [2.75, 3.05) is 6.61 Å². The standard InChI is InChI=1S/C31H37NO2Si/c1-6-17-29(32-30(33)7-2)28(25-18-11-8-12-19-25)24-34-35(31(3,4)5,26-20-13-9-14-21-26)27-22-15-10-16-23-27/h6-16,18-23,28-29H,1-2,17,24H2,3-5H3,(H,32,33)/t28-,29-/m1/s1. The van der Waals surface area contributed by atoms with Crippen molar-refractivity contribution in [3.05, 3.63) is 122 Å². The van der Waals surface area contributed by atoms with Gasteiger partial charge in [-0.2, -0.15) is 0 Å². The summed E-state index contributed by atoms with van der Waals surface area (Å²) in [5.41, 5.74) is 1.13. The van der Waals surface area contributed by atoms with Crippen molar-refractivity contribution >= 4 is 24.6 Å². The quantitative estimate of drug-likeness (QED) is 0.219. The summed E-state index contributed by atoms with van der Waals surface area (Å²) in [7, 11) is -2.72. The number of hydrogen-bond donors (Lipinski definition) is 1. The molecule has 0 saturated heterocycles. The molecule has 0 aromatic heterocycles. The number of carbonyl (C=O) groups is 1. The average Bonchev–Trinajstić information content (AvgIpc) is 2.87. The fourth-order valence-corrected chi connectivity index (χ4v) is 9.45. The van der Waals surface area contributed by atoms with Crippen molar-refractivity contribution < 1.29 is 9.22 Å². The van der Waals surface area contributed by atoms with Gasteiger partial charge in [-0.3, -0.25) is 4.79 Å². The zero-order chi connectivity index (χ0) is 25.3. The van der Waals surface area contributed by atoms with Crippen LogP contribution in [0.1, 0.15) is 38.7 Å². The highest BCUT2D eigenvalue weighted by molar-refractivity contribution is 6.99. The van der Waals surface area contributed by atoms with E-state index in [4.69, 9.17) is 4.43 Å². The average molecular weight is 484 g/mol. The predicted molar refractivity (Wildman–Crippen MR) is 150 cm³/mol. The highest BCUT2D eigenvalue weighted by atomic mass is 28.4. The van der Waals surface area contributed by atoms with E-state index in [1.807, 2.05) is 36.4 Å².